The van der Waals surface area contributed by atoms with E-state index in [1.165, 1.54) is 11.3 Å². The van der Waals surface area contributed by atoms with Gasteiger partial charge in [-0.25, -0.2) is 0 Å². The van der Waals surface area contributed by atoms with Gasteiger partial charge in [-0.2, -0.15) is 0 Å². The van der Waals surface area contributed by atoms with E-state index in [0.717, 1.165) is 5.56 Å². The summed E-state index contributed by atoms with van der Waals surface area (Å²) in [6, 6.07) is 7.32. The molecule has 108 valence electrons. The monoisotopic (exact) mass is 332 g/mol. The minimum absolute atomic E-state index is 0. The van der Waals surface area contributed by atoms with Gasteiger partial charge in [0.25, 0.3) is 0 Å². The molecule has 20 heavy (non-hydrogen) atoms. The first-order valence-corrected chi connectivity index (χ1v) is 6.90. The molecule has 0 bridgehead atoms. The molecule has 0 aliphatic carbocycles. The zero-order chi connectivity index (χ0) is 13.8. The van der Waals surface area contributed by atoms with Crippen LogP contribution in [0.5, 0.6) is 0 Å². The zero-order valence-electron chi connectivity index (χ0n) is 10.7. The topological polar surface area (TPSA) is 80.9 Å². The van der Waals surface area contributed by atoms with Gasteiger partial charge >= 0.3 is 0 Å². The molecule has 0 radical (unpaired) electrons. The molecule has 8 heteroatoms. The third-order valence-electron chi connectivity index (χ3n) is 2.53. The molecule has 3 N–H and O–H groups in total. The van der Waals surface area contributed by atoms with Crippen LogP contribution in [0.4, 0.5) is 5.13 Å². The van der Waals surface area contributed by atoms with E-state index in [1.807, 2.05) is 12.1 Å². The van der Waals surface area contributed by atoms with E-state index in [2.05, 4.69) is 15.5 Å². The van der Waals surface area contributed by atoms with Crippen LogP contribution in [0.25, 0.3) is 10.6 Å². The van der Waals surface area contributed by atoms with E-state index >= 15 is 0 Å². The Morgan fingerprint density at radius 3 is 2.90 bits per heavy atom. The number of halogens is 2. The number of benzene rings is 1. The second-order valence-corrected chi connectivity index (χ2v) is 5.46. The number of nitrogens with zero attached hydrogens (tertiary/aromatic N) is 2. The Morgan fingerprint density at radius 2 is 2.25 bits per heavy atom. The molecule has 1 unspecified atom stereocenters. The normalized spacial score (nSPS) is 11.6. The second-order valence-electron chi connectivity index (χ2n) is 4.05. The Bertz CT molecular complexity index is 590. The number of hydrogen-bond donors (Lipinski definition) is 2. The van der Waals surface area contributed by atoms with Crippen LogP contribution in [0, 0.1) is 5.92 Å². The molecule has 0 aliphatic heterocycles. The summed E-state index contributed by atoms with van der Waals surface area (Å²) in [6.45, 7) is 2.06. The van der Waals surface area contributed by atoms with Crippen molar-refractivity contribution in [3.05, 3.63) is 29.3 Å². The fraction of sp³-hybridized carbons (Fsp3) is 0.250. The van der Waals surface area contributed by atoms with E-state index in [4.69, 9.17) is 17.3 Å². The molecule has 1 atom stereocenters. The fourth-order valence-corrected chi connectivity index (χ4v) is 2.28. The molecule has 0 spiro atoms. The summed E-state index contributed by atoms with van der Waals surface area (Å²) in [5.41, 5.74) is 6.30. The second kappa shape index (κ2) is 7.54. The van der Waals surface area contributed by atoms with Crippen LogP contribution in [-0.4, -0.2) is 22.6 Å². The van der Waals surface area contributed by atoms with Gasteiger partial charge in [0.1, 0.15) is 5.01 Å². The van der Waals surface area contributed by atoms with Crippen LogP contribution in [0.2, 0.25) is 5.02 Å². The molecule has 0 saturated heterocycles. The maximum absolute atomic E-state index is 11.7. The van der Waals surface area contributed by atoms with Gasteiger partial charge in [-0.1, -0.05) is 42.0 Å². The summed E-state index contributed by atoms with van der Waals surface area (Å²) in [4.78, 5) is 11.7. The molecule has 0 fully saturated rings. The largest absolute Gasteiger partial charge is 0.330 e. The molecule has 0 saturated carbocycles. The number of hydrogen-bond acceptors (Lipinski definition) is 5. The quantitative estimate of drug-likeness (QED) is 0.901. The highest BCUT2D eigenvalue weighted by molar-refractivity contribution is 7.18. The van der Waals surface area contributed by atoms with Gasteiger partial charge in [-0.05, 0) is 12.1 Å². The molecule has 2 aromatic rings. The number of carbonyl (C=O) groups excluding carboxylic acids is 1. The van der Waals surface area contributed by atoms with E-state index in [-0.39, 0.29) is 24.2 Å². The summed E-state index contributed by atoms with van der Waals surface area (Å²) in [5.74, 6) is -0.408. The van der Waals surface area contributed by atoms with Crippen molar-refractivity contribution in [2.45, 2.75) is 6.92 Å². The van der Waals surface area contributed by atoms with Gasteiger partial charge in [0.05, 0.1) is 0 Å². The Hall–Kier alpha value is -1.21. The number of aromatic nitrogens is 2. The van der Waals surface area contributed by atoms with Crippen LogP contribution in [0.3, 0.4) is 0 Å². The van der Waals surface area contributed by atoms with Gasteiger partial charge in [0, 0.05) is 23.0 Å². The van der Waals surface area contributed by atoms with Crippen LogP contribution in [0.15, 0.2) is 24.3 Å². The van der Waals surface area contributed by atoms with Crippen molar-refractivity contribution in [1.29, 1.82) is 0 Å². The van der Waals surface area contributed by atoms with Crippen molar-refractivity contribution in [3.8, 4) is 10.6 Å². The lowest BCUT2D eigenvalue weighted by atomic mass is 10.2. The van der Waals surface area contributed by atoms with Crippen molar-refractivity contribution < 1.29 is 4.79 Å². The maximum Gasteiger partial charge on any atom is 0.230 e. The molecular weight excluding hydrogens is 319 g/mol. The first-order chi connectivity index (χ1) is 9.10. The first kappa shape index (κ1) is 16.8. The summed E-state index contributed by atoms with van der Waals surface area (Å²) >= 11 is 7.22. The molecule has 2 rings (SSSR count). The fourth-order valence-electron chi connectivity index (χ4n) is 1.35. The van der Waals surface area contributed by atoms with Crippen molar-refractivity contribution in [2.75, 3.05) is 11.9 Å². The standard InChI is InChI=1S/C12H13ClN4OS.ClH/c1-7(6-14)10(18)15-12-17-16-11(19-12)8-3-2-4-9(13)5-8;/h2-5,7H,6,14H2,1H3,(H,15,17,18);1H. The Morgan fingerprint density at radius 1 is 1.50 bits per heavy atom. The van der Waals surface area contributed by atoms with Crippen molar-refractivity contribution >= 4 is 46.4 Å². The van der Waals surface area contributed by atoms with Crippen LogP contribution >= 0.6 is 35.3 Å². The van der Waals surface area contributed by atoms with Crippen molar-refractivity contribution in [2.24, 2.45) is 11.7 Å². The van der Waals surface area contributed by atoms with Crippen molar-refractivity contribution in [1.82, 2.24) is 10.2 Å². The SMILES string of the molecule is CC(CN)C(=O)Nc1nnc(-c2cccc(Cl)c2)s1.Cl. The lowest BCUT2D eigenvalue weighted by Crippen LogP contribution is -2.26. The first-order valence-electron chi connectivity index (χ1n) is 5.70. The molecule has 1 aromatic heterocycles. The number of anilines is 1. The third-order valence-corrected chi connectivity index (χ3v) is 3.65. The number of nitrogens with one attached hydrogen (secondary N) is 1. The zero-order valence-corrected chi connectivity index (χ0v) is 13.1. The van der Waals surface area contributed by atoms with Gasteiger partial charge in [-0.15, -0.1) is 22.6 Å². The minimum Gasteiger partial charge on any atom is -0.330 e. The average Bonchev–Trinajstić information content (AvgIpc) is 2.86. The van der Waals surface area contributed by atoms with E-state index in [0.29, 0.717) is 21.7 Å². The van der Waals surface area contributed by atoms with Gasteiger partial charge < -0.3 is 11.1 Å². The van der Waals surface area contributed by atoms with Crippen molar-refractivity contribution in [3.63, 3.8) is 0 Å². The molecule has 0 aliphatic rings. The predicted octanol–water partition coefficient (Wildman–Crippen LogP) is 2.81. The summed E-state index contributed by atoms with van der Waals surface area (Å²) in [5, 5.41) is 12.5. The summed E-state index contributed by atoms with van der Waals surface area (Å²) < 4.78 is 0. The van der Waals surface area contributed by atoms with Gasteiger partial charge in [0.2, 0.25) is 11.0 Å². The Balaban J connectivity index is 0.00000200. The molecule has 5 nitrogen and oxygen atoms in total. The number of rotatable bonds is 4. The van der Waals surface area contributed by atoms with Gasteiger partial charge in [0.15, 0.2) is 0 Å². The third kappa shape index (κ3) is 4.14. The maximum atomic E-state index is 11.7. The van der Waals surface area contributed by atoms with Crippen LogP contribution < -0.4 is 11.1 Å². The van der Waals surface area contributed by atoms with Crippen LogP contribution in [-0.2, 0) is 4.79 Å². The lowest BCUT2D eigenvalue weighted by Gasteiger charge is -2.06. The van der Waals surface area contributed by atoms with E-state index in [9.17, 15) is 4.79 Å². The summed E-state index contributed by atoms with van der Waals surface area (Å²) in [7, 11) is 0. The van der Waals surface area contributed by atoms with E-state index in [1.54, 1.807) is 19.1 Å². The molecule has 1 heterocycles. The number of amides is 1. The van der Waals surface area contributed by atoms with Gasteiger partial charge in [-0.3, -0.25) is 4.79 Å². The molecule has 1 aromatic carbocycles. The number of carbonyl (C=O) groups is 1. The minimum atomic E-state index is -0.251. The highest BCUT2D eigenvalue weighted by atomic mass is 35.5. The average molecular weight is 333 g/mol. The Kier molecular flexibility index (Phi) is 6.35. The highest BCUT2D eigenvalue weighted by Crippen LogP contribution is 2.28. The molecular formula is C12H14Cl2N4OS. The van der Waals surface area contributed by atoms with E-state index < -0.39 is 0 Å². The van der Waals surface area contributed by atoms with Crippen LogP contribution in [0.1, 0.15) is 6.92 Å². The smallest absolute Gasteiger partial charge is 0.230 e. The highest BCUT2D eigenvalue weighted by Gasteiger charge is 2.14. The molecule has 1 amide bonds. The summed E-state index contributed by atoms with van der Waals surface area (Å²) in [6.07, 6.45) is 0. The predicted molar refractivity (Wildman–Crippen MR) is 84.5 cm³/mol. The Labute approximate surface area is 132 Å². The lowest BCUT2D eigenvalue weighted by molar-refractivity contribution is -0.119. The number of nitrogens with two attached hydrogens (primary N) is 1.